The number of ether oxygens (including phenoxy) is 1. The van der Waals surface area contributed by atoms with Gasteiger partial charge in [-0.15, -0.1) is 0 Å². The lowest BCUT2D eigenvalue weighted by molar-refractivity contribution is -0.145. The highest BCUT2D eigenvalue weighted by atomic mass is 32.2. The van der Waals surface area contributed by atoms with Gasteiger partial charge in [-0.05, 0) is 31.9 Å². The normalized spacial score (nSPS) is 20.4. The first-order chi connectivity index (χ1) is 9.26. The van der Waals surface area contributed by atoms with Gasteiger partial charge in [-0.3, -0.25) is 4.79 Å². The summed E-state index contributed by atoms with van der Waals surface area (Å²) in [5, 5.41) is 4.35. The van der Waals surface area contributed by atoms with Gasteiger partial charge in [0.25, 0.3) is 0 Å². The fourth-order valence-electron chi connectivity index (χ4n) is 2.17. The highest BCUT2D eigenvalue weighted by Gasteiger charge is 2.30. The molecule has 0 amide bonds. The highest BCUT2D eigenvalue weighted by Crippen LogP contribution is 2.38. The zero-order chi connectivity index (χ0) is 13.7. The molecule has 0 aliphatic carbocycles. The molecule has 0 bridgehead atoms. The maximum Gasteiger partial charge on any atom is 0.318 e. The molecule has 2 rings (SSSR count). The van der Waals surface area contributed by atoms with Crippen molar-refractivity contribution in [3.8, 4) is 0 Å². The minimum Gasteiger partial charge on any atom is -0.465 e. The van der Waals surface area contributed by atoms with Crippen LogP contribution in [0.1, 0.15) is 62.4 Å². The molecule has 0 radical (unpaired) electrons. The zero-order valence-electron chi connectivity index (χ0n) is 11.4. The first-order valence-electron chi connectivity index (χ1n) is 6.88. The monoisotopic (exact) mass is 284 g/mol. The lowest BCUT2D eigenvalue weighted by atomic mass is 10.0. The molecule has 1 saturated heterocycles. The van der Waals surface area contributed by atoms with Crippen LogP contribution in [-0.4, -0.2) is 28.5 Å². The lowest BCUT2D eigenvalue weighted by Gasteiger charge is -2.09. The van der Waals surface area contributed by atoms with Crippen LogP contribution in [0.3, 0.4) is 0 Å². The summed E-state index contributed by atoms with van der Waals surface area (Å²) in [4.78, 5) is 16.3. The standard InChI is InChI=1S/C13H20N2O3S/c1-3-6-9(13(16)17-4-2)12-14-11(15-18-12)10-7-5-8-19-10/h9-10H,3-8H2,1-2H3. The van der Waals surface area contributed by atoms with Crippen molar-refractivity contribution in [2.45, 2.75) is 50.7 Å². The second-order valence-corrected chi connectivity index (χ2v) is 5.90. The Kier molecular flexibility index (Phi) is 5.24. The molecule has 2 heterocycles. The number of aromatic nitrogens is 2. The Bertz CT molecular complexity index is 416. The summed E-state index contributed by atoms with van der Waals surface area (Å²) in [6.45, 7) is 4.20. The fraction of sp³-hybridized carbons (Fsp3) is 0.769. The Balaban J connectivity index is 2.10. The van der Waals surface area contributed by atoms with Gasteiger partial charge in [0.15, 0.2) is 5.82 Å². The molecule has 106 valence electrons. The van der Waals surface area contributed by atoms with Crippen molar-refractivity contribution in [1.29, 1.82) is 0 Å². The molecule has 1 aliphatic heterocycles. The van der Waals surface area contributed by atoms with Crippen LogP contribution in [0.15, 0.2) is 4.52 Å². The maximum absolute atomic E-state index is 11.9. The minimum absolute atomic E-state index is 0.265. The average molecular weight is 284 g/mol. The topological polar surface area (TPSA) is 65.2 Å². The van der Waals surface area contributed by atoms with Gasteiger partial charge in [0.1, 0.15) is 5.92 Å². The van der Waals surface area contributed by atoms with Crippen molar-refractivity contribution in [1.82, 2.24) is 10.1 Å². The van der Waals surface area contributed by atoms with Gasteiger partial charge in [0.2, 0.25) is 5.89 Å². The number of hydrogen-bond donors (Lipinski definition) is 0. The molecule has 2 unspecified atom stereocenters. The van der Waals surface area contributed by atoms with Crippen LogP contribution in [0.2, 0.25) is 0 Å². The van der Waals surface area contributed by atoms with Gasteiger partial charge >= 0.3 is 5.97 Å². The lowest BCUT2D eigenvalue weighted by Crippen LogP contribution is -2.16. The van der Waals surface area contributed by atoms with Crippen LogP contribution < -0.4 is 0 Å². The molecule has 1 fully saturated rings. The number of carbonyl (C=O) groups is 1. The van der Waals surface area contributed by atoms with Crippen molar-refractivity contribution >= 4 is 17.7 Å². The molecule has 1 aromatic rings. The molecule has 0 N–H and O–H groups in total. The van der Waals surface area contributed by atoms with E-state index < -0.39 is 5.92 Å². The molecule has 5 nitrogen and oxygen atoms in total. The van der Waals surface area contributed by atoms with Crippen molar-refractivity contribution in [2.24, 2.45) is 0 Å². The van der Waals surface area contributed by atoms with Gasteiger partial charge in [-0.25, -0.2) is 0 Å². The van der Waals surface area contributed by atoms with E-state index in [9.17, 15) is 4.79 Å². The van der Waals surface area contributed by atoms with Crippen LogP contribution in [0.4, 0.5) is 0 Å². The van der Waals surface area contributed by atoms with Crippen LogP contribution in [-0.2, 0) is 9.53 Å². The van der Waals surface area contributed by atoms with E-state index in [1.807, 2.05) is 18.7 Å². The molecule has 1 aromatic heterocycles. The van der Waals surface area contributed by atoms with E-state index in [1.165, 1.54) is 6.42 Å². The maximum atomic E-state index is 11.9. The fourth-order valence-corrected chi connectivity index (χ4v) is 3.37. The summed E-state index contributed by atoms with van der Waals surface area (Å²) in [7, 11) is 0. The number of hydrogen-bond acceptors (Lipinski definition) is 6. The minimum atomic E-state index is -0.419. The highest BCUT2D eigenvalue weighted by molar-refractivity contribution is 7.99. The Morgan fingerprint density at radius 2 is 2.42 bits per heavy atom. The Labute approximate surface area is 117 Å². The van der Waals surface area contributed by atoms with Gasteiger partial charge in [0, 0.05) is 0 Å². The molecule has 19 heavy (non-hydrogen) atoms. The largest absolute Gasteiger partial charge is 0.465 e. The Morgan fingerprint density at radius 1 is 1.58 bits per heavy atom. The summed E-state index contributed by atoms with van der Waals surface area (Å²) >= 11 is 1.85. The van der Waals surface area contributed by atoms with Crippen LogP contribution >= 0.6 is 11.8 Å². The van der Waals surface area contributed by atoms with E-state index >= 15 is 0 Å². The average Bonchev–Trinajstić information content (AvgIpc) is 3.06. The van der Waals surface area contributed by atoms with Gasteiger partial charge in [-0.2, -0.15) is 16.7 Å². The number of carbonyl (C=O) groups excluding carboxylic acids is 1. The molecule has 0 aromatic carbocycles. The summed E-state index contributed by atoms with van der Waals surface area (Å²) in [6, 6.07) is 0. The third-order valence-electron chi connectivity index (χ3n) is 3.12. The van der Waals surface area contributed by atoms with E-state index in [0.717, 1.165) is 24.4 Å². The van der Waals surface area contributed by atoms with Crippen LogP contribution in [0.5, 0.6) is 0 Å². The Morgan fingerprint density at radius 3 is 3.05 bits per heavy atom. The quantitative estimate of drug-likeness (QED) is 0.748. The third-order valence-corrected chi connectivity index (χ3v) is 4.49. The molecule has 6 heteroatoms. The molecule has 0 saturated carbocycles. The zero-order valence-corrected chi connectivity index (χ0v) is 12.2. The third kappa shape index (κ3) is 3.49. The number of rotatable bonds is 6. The summed E-state index contributed by atoms with van der Waals surface area (Å²) in [5.74, 6) is 1.59. The molecular formula is C13H20N2O3S. The van der Waals surface area contributed by atoms with Gasteiger partial charge in [-0.1, -0.05) is 18.5 Å². The number of nitrogens with zero attached hydrogens (tertiary/aromatic N) is 2. The summed E-state index contributed by atoms with van der Waals surface area (Å²) in [6.07, 6.45) is 3.83. The Hall–Kier alpha value is -1.04. The second kappa shape index (κ2) is 6.93. The number of thioether (sulfide) groups is 1. The molecule has 2 atom stereocenters. The SMILES string of the molecule is CCCC(C(=O)OCC)c1nc(C2CCCS2)no1. The van der Waals surface area contributed by atoms with E-state index in [4.69, 9.17) is 9.26 Å². The van der Waals surface area contributed by atoms with Gasteiger partial charge in [0.05, 0.1) is 11.9 Å². The van der Waals surface area contributed by atoms with Crippen LogP contribution in [0.25, 0.3) is 0 Å². The van der Waals surface area contributed by atoms with Crippen molar-refractivity contribution in [3.05, 3.63) is 11.7 Å². The van der Waals surface area contributed by atoms with Gasteiger partial charge < -0.3 is 9.26 Å². The van der Waals surface area contributed by atoms with E-state index in [0.29, 0.717) is 24.2 Å². The molecule has 0 spiro atoms. The molecule has 1 aliphatic rings. The first kappa shape index (κ1) is 14.4. The van der Waals surface area contributed by atoms with E-state index in [2.05, 4.69) is 10.1 Å². The van der Waals surface area contributed by atoms with E-state index in [-0.39, 0.29) is 5.97 Å². The van der Waals surface area contributed by atoms with Crippen molar-refractivity contribution < 1.29 is 14.1 Å². The smallest absolute Gasteiger partial charge is 0.318 e. The van der Waals surface area contributed by atoms with Crippen molar-refractivity contribution in [2.75, 3.05) is 12.4 Å². The first-order valence-corrected chi connectivity index (χ1v) is 7.92. The summed E-state index contributed by atoms with van der Waals surface area (Å²) < 4.78 is 10.4. The predicted molar refractivity (Wildman–Crippen MR) is 73.0 cm³/mol. The predicted octanol–water partition coefficient (Wildman–Crippen LogP) is 3.08. The molecular weight excluding hydrogens is 264 g/mol. The van der Waals surface area contributed by atoms with E-state index in [1.54, 1.807) is 6.92 Å². The van der Waals surface area contributed by atoms with Crippen LogP contribution in [0, 0.1) is 0 Å². The second-order valence-electron chi connectivity index (χ2n) is 4.59. The summed E-state index contributed by atoms with van der Waals surface area (Å²) in [5.41, 5.74) is 0. The van der Waals surface area contributed by atoms with Crippen molar-refractivity contribution in [3.63, 3.8) is 0 Å². The number of esters is 1.